The van der Waals surface area contributed by atoms with Crippen LogP contribution in [0.1, 0.15) is 24.9 Å². The Bertz CT molecular complexity index is 2250. The summed E-state index contributed by atoms with van der Waals surface area (Å²) >= 11 is 0. The number of aryl methyl sites for hydroxylation is 2. The van der Waals surface area contributed by atoms with Gasteiger partial charge in [0.1, 0.15) is 22.9 Å². The summed E-state index contributed by atoms with van der Waals surface area (Å²) in [5.41, 5.74) is 6.51. The van der Waals surface area contributed by atoms with E-state index in [1.807, 2.05) is 72.3 Å². The van der Waals surface area contributed by atoms with E-state index in [0.717, 1.165) is 39.1 Å². The van der Waals surface area contributed by atoms with Crippen molar-refractivity contribution in [2.45, 2.75) is 37.0 Å². The Kier molecular flexibility index (Phi) is 10.0. The number of rotatable bonds is 8. The molecule has 2 aromatic heterocycles. The van der Waals surface area contributed by atoms with Gasteiger partial charge in [-0.05, 0) is 49.2 Å². The fourth-order valence-corrected chi connectivity index (χ4v) is 6.48. The lowest BCUT2D eigenvalue weighted by molar-refractivity contribution is -0.119. The molecular formula is C35H32N4O7S2. The van der Waals surface area contributed by atoms with Gasteiger partial charge in [0.25, 0.3) is 10.0 Å². The molecule has 48 heavy (non-hydrogen) atoms. The Morgan fingerprint density at radius 2 is 1.02 bits per heavy atom. The summed E-state index contributed by atoms with van der Waals surface area (Å²) in [5, 5.41) is 13.4. The molecule has 0 atom stereocenters. The third-order valence-corrected chi connectivity index (χ3v) is 9.63. The molecule has 0 unspecified atom stereocenters. The number of carbonyl (C=O) groups is 1. The van der Waals surface area contributed by atoms with Gasteiger partial charge in [0.2, 0.25) is 15.9 Å². The maximum absolute atomic E-state index is 12.2. The summed E-state index contributed by atoms with van der Waals surface area (Å²) in [4.78, 5) is 11.5. The average Bonchev–Trinajstić information content (AvgIpc) is 3.67. The van der Waals surface area contributed by atoms with E-state index < -0.39 is 26.0 Å². The number of aromatic nitrogens is 2. The molecule has 11 nitrogen and oxygen atoms in total. The quantitative estimate of drug-likeness (QED) is 0.181. The summed E-state index contributed by atoms with van der Waals surface area (Å²) in [6, 6.07) is 31.9. The molecule has 0 aliphatic carbocycles. The molecule has 0 fully saturated rings. The molecule has 0 saturated carbocycles. The molecule has 0 bridgehead atoms. The zero-order chi connectivity index (χ0) is 34.5. The highest BCUT2D eigenvalue weighted by atomic mass is 32.2. The summed E-state index contributed by atoms with van der Waals surface area (Å²) < 4.78 is 59.7. The van der Waals surface area contributed by atoms with Crippen LogP contribution in [-0.4, -0.2) is 33.1 Å². The number of nitrogens with two attached hydrogens (primary N) is 1. The lowest BCUT2D eigenvalue weighted by Gasteiger charge is -2.07. The smallest absolute Gasteiger partial charge is 0.264 e. The van der Waals surface area contributed by atoms with Crippen LogP contribution in [0.5, 0.6) is 0 Å². The van der Waals surface area contributed by atoms with Crippen molar-refractivity contribution in [3.63, 3.8) is 0 Å². The normalized spacial score (nSPS) is 11.4. The fourth-order valence-electron chi connectivity index (χ4n) is 4.90. The maximum atomic E-state index is 12.2. The van der Waals surface area contributed by atoms with E-state index in [2.05, 4.69) is 10.3 Å². The van der Waals surface area contributed by atoms with Gasteiger partial charge in [-0.3, -0.25) is 4.79 Å². The third kappa shape index (κ3) is 7.60. The first-order valence-corrected chi connectivity index (χ1v) is 17.7. The van der Waals surface area contributed by atoms with E-state index in [0.29, 0.717) is 17.2 Å². The molecule has 0 saturated heterocycles. The first-order chi connectivity index (χ1) is 22.9. The van der Waals surface area contributed by atoms with E-state index in [9.17, 15) is 21.6 Å². The first-order valence-electron chi connectivity index (χ1n) is 14.7. The van der Waals surface area contributed by atoms with Crippen LogP contribution >= 0.6 is 0 Å². The molecule has 6 rings (SSSR count). The predicted octanol–water partition coefficient (Wildman–Crippen LogP) is 6.50. The molecule has 0 spiro atoms. The van der Waals surface area contributed by atoms with Gasteiger partial charge in [-0.15, -0.1) is 0 Å². The van der Waals surface area contributed by atoms with E-state index in [4.69, 9.17) is 14.2 Å². The van der Waals surface area contributed by atoms with E-state index in [1.54, 1.807) is 38.1 Å². The first kappa shape index (κ1) is 34.0. The number of nitrogens with zero attached hydrogens (tertiary/aromatic N) is 2. The zero-order valence-electron chi connectivity index (χ0n) is 26.2. The second-order valence-electron chi connectivity index (χ2n) is 10.6. The van der Waals surface area contributed by atoms with Crippen LogP contribution in [0.15, 0.2) is 128 Å². The van der Waals surface area contributed by atoms with Crippen molar-refractivity contribution in [3.8, 4) is 44.8 Å². The Hall–Kier alpha value is -5.37. The van der Waals surface area contributed by atoms with Gasteiger partial charge in [-0.25, -0.2) is 26.7 Å². The van der Waals surface area contributed by atoms with Crippen molar-refractivity contribution in [1.29, 1.82) is 0 Å². The summed E-state index contributed by atoms with van der Waals surface area (Å²) in [6.07, 6.45) is 0.0949. The van der Waals surface area contributed by atoms with Gasteiger partial charge >= 0.3 is 0 Å². The SMILES string of the molecule is CCC(=O)NS(=O)(=O)c1ccc(-c2c(-c3ccccc3)noc2C)cc1.Cc1onc(-c2ccccc2)c1-c1ccc(S(N)(=O)=O)cc1. The second kappa shape index (κ2) is 14.2. The standard InChI is InChI=1S/C19H18N2O4S.C16H14N2O3S/c1-3-17(22)21-26(23,24)16-11-9-14(10-12-16)18-13(2)25-20-19(18)15-7-5-4-6-8-15;1-11-15(12-7-9-14(10-8-12)22(17,19)20)16(18-21-11)13-5-3-2-4-6-13/h4-12H,3H2,1-2H3,(H,21,22);2-10H,1H3,(H2,17,19,20). The highest BCUT2D eigenvalue weighted by Gasteiger charge is 2.20. The number of sulfonamides is 2. The van der Waals surface area contributed by atoms with Crippen LogP contribution in [0.4, 0.5) is 0 Å². The molecular weight excluding hydrogens is 653 g/mol. The zero-order valence-corrected chi connectivity index (χ0v) is 27.9. The van der Waals surface area contributed by atoms with Gasteiger partial charge < -0.3 is 9.05 Å². The molecule has 0 aliphatic heterocycles. The monoisotopic (exact) mass is 684 g/mol. The van der Waals surface area contributed by atoms with Crippen molar-refractivity contribution < 1.29 is 30.7 Å². The Labute approximate surface area is 278 Å². The largest absolute Gasteiger partial charge is 0.360 e. The number of hydrogen-bond donors (Lipinski definition) is 2. The molecule has 246 valence electrons. The van der Waals surface area contributed by atoms with Crippen molar-refractivity contribution >= 4 is 26.0 Å². The lowest BCUT2D eigenvalue weighted by Crippen LogP contribution is -2.29. The van der Waals surface area contributed by atoms with Crippen LogP contribution < -0.4 is 9.86 Å². The van der Waals surface area contributed by atoms with E-state index in [-0.39, 0.29) is 16.2 Å². The highest BCUT2D eigenvalue weighted by molar-refractivity contribution is 7.90. The minimum Gasteiger partial charge on any atom is -0.360 e. The topological polar surface area (TPSA) is 175 Å². The molecule has 4 aromatic carbocycles. The van der Waals surface area contributed by atoms with Gasteiger partial charge in [-0.1, -0.05) is 102 Å². The van der Waals surface area contributed by atoms with Crippen LogP contribution in [0.25, 0.3) is 44.8 Å². The van der Waals surface area contributed by atoms with Crippen LogP contribution in [-0.2, 0) is 24.8 Å². The summed E-state index contributed by atoms with van der Waals surface area (Å²) in [7, 11) is -7.57. The predicted molar refractivity (Wildman–Crippen MR) is 181 cm³/mol. The molecule has 0 radical (unpaired) electrons. The van der Waals surface area contributed by atoms with Crippen LogP contribution in [0, 0.1) is 13.8 Å². The molecule has 13 heteroatoms. The molecule has 0 aliphatic rings. The average molecular weight is 685 g/mol. The number of amides is 1. The molecule has 3 N–H and O–H groups in total. The summed E-state index contributed by atoms with van der Waals surface area (Å²) in [6.45, 7) is 5.22. The second-order valence-corrected chi connectivity index (χ2v) is 13.9. The number of carbonyl (C=O) groups excluding carboxylic acids is 1. The molecule has 2 heterocycles. The number of hydrogen-bond acceptors (Lipinski definition) is 9. The Morgan fingerprint density at radius 3 is 1.40 bits per heavy atom. The Balaban J connectivity index is 0.000000190. The Morgan fingerprint density at radius 1 is 0.625 bits per heavy atom. The van der Waals surface area contributed by atoms with Crippen molar-refractivity contribution in [3.05, 3.63) is 121 Å². The van der Waals surface area contributed by atoms with Gasteiger partial charge in [0.15, 0.2) is 0 Å². The van der Waals surface area contributed by atoms with Gasteiger partial charge in [0.05, 0.1) is 20.9 Å². The number of nitrogens with one attached hydrogen (secondary N) is 1. The van der Waals surface area contributed by atoms with Gasteiger partial charge in [-0.2, -0.15) is 0 Å². The van der Waals surface area contributed by atoms with Crippen molar-refractivity contribution in [2.75, 3.05) is 0 Å². The maximum Gasteiger partial charge on any atom is 0.264 e. The fraction of sp³-hybridized carbons (Fsp3) is 0.114. The number of benzene rings is 4. The lowest BCUT2D eigenvalue weighted by atomic mass is 10.00. The third-order valence-electron chi connectivity index (χ3n) is 7.31. The summed E-state index contributed by atoms with van der Waals surface area (Å²) in [5.74, 6) is 0.760. The molecule has 6 aromatic rings. The number of primary sulfonamides is 1. The van der Waals surface area contributed by atoms with Crippen LogP contribution in [0.2, 0.25) is 0 Å². The van der Waals surface area contributed by atoms with Crippen molar-refractivity contribution in [2.24, 2.45) is 5.14 Å². The van der Waals surface area contributed by atoms with Crippen molar-refractivity contribution in [1.82, 2.24) is 15.0 Å². The van der Waals surface area contributed by atoms with Crippen LogP contribution in [0.3, 0.4) is 0 Å². The molecule has 1 amide bonds. The van der Waals surface area contributed by atoms with E-state index in [1.165, 1.54) is 24.3 Å². The minimum absolute atomic E-state index is 0.0263. The van der Waals surface area contributed by atoms with Gasteiger partial charge in [0, 0.05) is 17.5 Å². The minimum atomic E-state index is -3.87. The highest BCUT2D eigenvalue weighted by Crippen LogP contribution is 2.35. The van der Waals surface area contributed by atoms with E-state index >= 15 is 0 Å².